The number of nitrogens with zero attached hydrogens (tertiary/aromatic N) is 2. The second kappa shape index (κ2) is 7.99. The van der Waals surface area contributed by atoms with Gasteiger partial charge in [-0.1, -0.05) is 24.3 Å². The molecule has 1 aliphatic heterocycles. The summed E-state index contributed by atoms with van der Waals surface area (Å²) in [4.78, 5) is 21.1. The quantitative estimate of drug-likeness (QED) is 0.604. The number of nitrogens with one attached hydrogen (secondary N) is 2. The third-order valence-corrected chi connectivity index (χ3v) is 6.27. The number of hydrogen-bond donors (Lipinski definition) is 2. The summed E-state index contributed by atoms with van der Waals surface area (Å²) in [6.07, 6.45) is -0.405. The van der Waals surface area contributed by atoms with Gasteiger partial charge in [-0.15, -0.1) is 0 Å². The van der Waals surface area contributed by atoms with Gasteiger partial charge < -0.3 is 10.1 Å². The first-order chi connectivity index (χ1) is 14.7. The van der Waals surface area contributed by atoms with Crippen LogP contribution in [0.15, 0.2) is 53.4 Å². The highest BCUT2D eigenvalue weighted by Crippen LogP contribution is 2.29. The SMILES string of the molecule is Cc1cccc(C)c1-c1cc2nc(n1)NS(=O)(=O)c1cccc(c1)C(=O)NC[C@@H](C)O2. The lowest BCUT2D eigenvalue weighted by molar-refractivity contribution is 0.0930. The Kier molecular flexibility index (Phi) is 5.36. The fraction of sp³-hybridized carbons (Fsp3) is 0.227. The van der Waals surface area contributed by atoms with Crippen molar-refractivity contribution in [3.63, 3.8) is 0 Å². The Morgan fingerprint density at radius 2 is 1.74 bits per heavy atom. The number of carbonyl (C=O) groups excluding carboxylic acids is 1. The molecular weight excluding hydrogens is 416 g/mol. The molecule has 0 spiro atoms. The molecule has 9 heteroatoms. The van der Waals surface area contributed by atoms with Crippen molar-refractivity contribution in [3.8, 4) is 17.1 Å². The molecule has 0 unspecified atom stereocenters. The van der Waals surface area contributed by atoms with Crippen molar-refractivity contribution in [2.45, 2.75) is 31.8 Å². The van der Waals surface area contributed by atoms with Gasteiger partial charge >= 0.3 is 0 Å². The second-order valence-electron chi connectivity index (χ2n) is 7.45. The molecule has 0 aliphatic carbocycles. The van der Waals surface area contributed by atoms with Crippen molar-refractivity contribution in [2.24, 2.45) is 0 Å². The minimum atomic E-state index is -4.03. The standard InChI is InChI=1S/C22H22N4O4S/c1-13-6-4-7-14(2)20(13)18-11-19-25-22(24-18)26-31(28,29)17-9-5-8-16(10-17)21(27)23-12-15(3)30-19/h4-11,15H,12H2,1-3H3,(H,23,27)(H,24,25,26)/t15-/m1/s1. The molecule has 4 bridgehead atoms. The van der Waals surface area contributed by atoms with Crippen LogP contribution in [0.2, 0.25) is 0 Å². The molecule has 31 heavy (non-hydrogen) atoms. The van der Waals surface area contributed by atoms with Gasteiger partial charge in [0.1, 0.15) is 6.10 Å². The Labute approximate surface area is 180 Å². The summed E-state index contributed by atoms with van der Waals surface area (Å²) in [6.45, 7) is 5.93. The molecule has 1 aromatic heterocycles. The Bertz CT molecular complexity index is 1250. The second-order valence-corrected chi connectivity index (χ2v) is 9.14. The third-order valence-electron chi connectivity index (χ3n) is 4.94. The van der Waals surface area contributed by atoms with Gasteiger partial charge in [0.25, 0.3) is 15.9 Å². The molecule has 8 nitrogen and oxygen atoms in total. The average Bonchev–Trinajstić information content (AvgIpc) is 2.71. The van der Waals surface area contributed by atoms with E-state index in [0.29, 0.717) is 5.69 Å². The molecule has 2 aromatic carbocycles. The fourth-order valence-corrected chi connectivity index (χ4v) is 4.44. The maximum absolute atomic E-state index is 13.0. The van der Waals surface area contributed by atoms with Gasteiger partial charge in [0, 0.05) is 17.2 Å². The lowest BCUT2D eigenvalue weighted by Gasteiger charge is -2.17. The molecule has 0 radical (unpaired) electrons. The molecule has 3 aromatic rings. The normalized spacial score (nSPS) is 17.8. The van der Waals surface area contributed by atoms with Crippen LogP contribution >= 0.6 is 0 Å². The number of aryl methyl sites for hydroxylation is 2. The van der Waals surface area contributed by atoms with E-state index in [2.05, 4.69) is 20.0 Å². The monoisotopic (exact) mass is 438 g/mol. The Hall–Kier alpha value is -3.46. The van der Waals surface area contributed by atoms with Gasteiger partial charge in [-0.05, 0) is 50.1 Å². The maximum Gasteiger partial charge on any atom is 0.264 e. The van der Waals surface area contributed by atoms with Crippen molar-refractivity contribution in [1.82, 2.24) is 15.3 Å². The third kappa shape index (κ3) is 4.36. The highest BCUT2D eigenvalue weighted by molar-refractivity contribution is 7.92. The van der Waals surface area contributed by atoms with Crippen LogP contribution < -0.4 is 14.8 Å². The van der Waals surface area contributed by atoms with Crippen molar-refractivity contribution < 1.29 is 17.9 Å². The van der Waals surface area contributed by atoms with Crippen LogP contribution in [0.5, 0.6) is 5.88 Å². The predicted molar refractivity (Wildman–Crippen MR) is 117 cm³/mol. The number of hydrogen-bond acceptors (Lipinski definition) is 6. The molecule has 4 rings (SSSR count). The molecule has 2 N–H and O–H groups in total. The van der Waals surface area contributed by atoms with E-state index in [4.69, 9.17) is 4.74 Å². The molecule has 160 valence electrons. The summed E-state index contributed by atoms with van der Waals surface area (Å²) in [5, 5.41) is 2.76. The summed E-state index contributed by atoms with van der Waals surface area (Å²) in [5.74, 6) is -0.287. The zero-order valence-electron chi connectivity index (χ0n) is 17.3. The summed E-state index contributed by atoms with van der Waals surface area (Å²) in [5.41, 5.74) is 3.63. The largest absolute Gasteiger partial charge is 0.473 e. The first-order valence-electron chi connectivity index (χ1n) is 9.76. The molecule has 1 atom stereocenters. The van der Waals surface area contributed by atoms with E-state index in [9.17, 15) is 13.2 Å². The lowest BCUT2D eigenvalue weighted by Crippen LogP contribution is -2.33. The van der Waals surface area contributed by atoms with E-state index in [1.54, 1.807) is 19.1 Å². The minimum Gasteiger partial charge on any atom is -0.473 e. The minimum absolute atomic E-state index is 0.0593. The van der Waals surface area contributed by atoms with E-state index in [1.807, 2.05) is 32.0 Å². The number of amides is 1. The average molecular weight is 439 g/mol. The highest BCUT2D eigenvalue weighted by Gasteiger charge is 2.21. The van der Waals surface area contributed by atoms with Crippen LogP contribution in [0.4, 0.5) is 5.95 Å². The van der Waals surface area contributed by atoms with Gasteiger partial charge in [-0.2, -0.15) is 4.98 Å². The molecule has 1 aliphatic rings. The van der Waals surface area contributed by atoms with Crippen LogP contribution in [0, 0.1) is 13.8 Å². The van der Waals surface area contributed by atoms with Crippen molar-refractivity contribution in [1.29, 1.82) is 0 Å². The van der Waals surface area contributed by atoms with Gasteiger partial charge in [0.2, 0.25) is 11.8 Å². The van der Waals surface area contributed by atoms with Crippen LogP contribution in [0.25, 0.3) is 11.3 Å². The molecular formula is C22H22N4O4S. The number of sulfonamides is 1. The zero-order valence-corrected chi connectivity index (χ0v) is 18.2. The molecule has 1 amide bonds. The topological polar surface area (TPSA) is 110 Å². The number of benzene rings is 2. The van der Waals surface area contributed by atoms with Crippen molar-refractivity contribution in [2.75, 3.05) is 11.3 Å². The first-order valence-corrected chi connectivity index (χ1v) is 11.2. The van der Waals surface area contributed by atoms with E-state index in [1.165, 1.54) is 18.2 Å². The van der Waals surface area contributed by atoms with Gasteiger partial charge in [0.05, 0.1) is 17.1 Å². The number of rotatable bonds is 1. The van der Waals surface area contributed by atoms with Crippen molar-refractivity contribution >= 4 is 21.9 Å². The summed E-state index contributed by atoms with van der Waals surface area (Å²) in [6, 6.07) is 13.3. The summed E-state index contributed by atoms with van der Waals surface area (Å²) < 4.78 is 34.2. The number of aromatic nitrogens is 2. The summed E-state index contributed by atoms with van der Waals surface area (Å²) in [7, 11) is -4.03. The molecule has 0 saturated heterocycles. The molecule has 2 heterocycles. The van der Waals surface area contributed by atoms with Crippen LogP contribution in [-0.2, 0) is 10.0 Å². The Balaban J connectivity index is 1.87. The van der Waals surface area contributed by atoms with Crippen LogP contribution in [0.3, 0.4) is 0 Å². The number of anilines is 1. The van der Waals surface area contributed by atoms with Gasteiger partial charge in [0.15, 0.2) is 0 Å². The molecule has 0 fully saturated rings. The highest BCUT2D eigenvalue weighted by atomic mass is 32.2. The summed E-state index contributed by atoms with van der Waals surface area (Å²) >= 11 is 0. The number of fused-ring (bicyclic) bond motifs is 4. The first kappa shape index (κ1) is 20.8. The Morgan fingerprint density at radius 1 is 1.03 bits per heavy atom. The van der Waals surface area contributed by atoms with E-state index in [0.717, 1.165) is 16.7 Å². The predicted octanol–water partition coefficient (Wildman–Crippen LogP) is 3.07. The smallest absolute Gasteiger partial charge is 0.264 e. The van der Waals surface area contributed by atoms with Gasteiger partial charge in [-0.3, -0.25) is 4.79 Å². The zero-order chi connectivity index (χ0) is 22.2. The van der Waals surface area contributed by atoms with Crippen LogP contribution in [0.1, 0.15) is 28.4 Å². The lowest BCUT2D eigenvalue weighted by atomic mass is 10.00. The fourth-order valence-electron chi connectivity index (χ4n) is 3.45. The van der Waals surface area contributed by atoms with E-state index < -0.39 is 16.1 Å². The van der Waals surface area contributed by atoms with Crippen LogP contribution in [-0.4, -0.2) is 36.9 Å². The van der Waals surface area contributed by atoms with Gasteiger partial charge in [-0.25, -0.2) is 18.1 Å². The van der Waals surface area contributed by atoms with E-state index in [-0.39, 0.29) is 34.7 Å². The Morgan fingerprint density at radius 3 is 2.48 bits per heavy atom. The van der Waals surface area contributed by atoms with Crippen molar-refractivity contribution in [3.05, 3.63) is 65.2 Å². The number of ether oxygens (including phenoxy) is 1. The van der Waals surface area contributed by atoms with E-state index >= 15 is 0 Å². The number of carbonyl (C=O) groups is 1. The molecule has 0 saturated carbocycles. The maximum atomic E-state index is 13.0.